The highest BCUT2D eigenvalue weighted by Gasteiger charge is 2.30. The van der Waals surface area contributed by atoms with E-state index in [2.05, 4.69) is 9.98 Å². The molecule has 0 atom stereocenters. The third kappa shape index (κ3) is 5.16. The van der Waals surface area contributed by atoms with E-state index in [9.17, 15) is 26.3 Å². The van der Waals surface area contributed by atoms with Gasteiger partial charge in [-0.2, -0.15) is 26.3 Å². The van der Waals surface area contributed by atoms with Crippen LogP contribution in [0.3, 0.4) is 0 Å². The van der Waals surface area contributed by atoms with Crippen molar-refractivity contribution in [1.82, 2.24) is 4.57 Å². The van der Waals surface area contributed by atoms with Crippen molar-refractivity contribution in [2.45, 2.75) is 12.4 Å². The van der Waals surface area contributed by atoms with Gasteiger partial charge in [0, 0.05) is 7.05 Å². The smallest absolute Gasteiger partial charge is 0.342 e. The first kappa shape index (κ1) is 21.4. The van der Waals surface area contributed by atoms with Gasteiger partial charge in [0.25, 0.3) is 0 Å². The zero-order valence-corrected chi connectivity index (χ0v) is 15.5. The third-order valence-electron chi connectivity index (χ3n) is 4.28. The van der Waals surface area contributed by atoms with Crippen molar-refractivity contribution < 1.29 is 26.3 Å². The second kappa shape index (κ2) is 8.17. The van der Waals surface area contributed by atoms with Crippen molar-refractivity contribution in [3.63, 3.8) is 0 Å². The second-order valence-corrected chi connectivity index (χ2v) is 6.35. The molecule has 0 bridgehead atoms. The average Bonchev–Trinajstić information content (AvgIpc) is 3.03. The lowest BCUT2D eigenvalue weighted by Crippen LogP contribution is -2.03. The Morgan fingerprint density at radius 1 is 0.600 bits per heavy atom. The molecule has 0 N–H and O–H groups in total. The van der Waals surface area contributed by atoms with Gasteiger partial charge in [0.15, 0.2) is 0 Å². The predicted octanol–water partition coefficient (Wildman–Crippen LogP) is 6.56. The maximum absolute atomic E-state index is 12.6. The number of rotatable bonds is 4. The molecule has 0 aliphatic heterocycles. The molecule has 1 aromatic heterocycles. The van der Waals surface area contributed by atoms with Crippen LogP contribution < -0.4 is 0 Å². The summed E-state index contributed by atoms with van der Waals surface area (Å²) in [4.78, 5) is 8.32. The number of aliphatic imine (C=N–C) groups is 2. The maximum atomic E-state index is 12.6. The van der Waals surface area contributed by atoms with Gasteiger partial charge in [-0.15, -0.1) is 0 Å². The van der Waals surface area contributed by atoms with Gasteiger partial charge in [0.1, 0.15) is 0 Å². The average molecular weight is 423 g/mol. The van der Waals surface area contributed by atoms with Crippen molar-refractivity contribution in [3.8, 4) is 0 Å². The Balaban J connectivity index is 1.71. The molecular formula is C21H15F6N3. The summed E-state index contributed by atoms with van der Waals surface area (Å²) in [6, 6.07) is 12.4. The molecular weight excluding hydrogens is 408 g/mol. The van der Waals surface area contributed by atoms with Gasteiger partial charge in [-0.05, 0) is 60.7 Å². The molecule has 0 fully saturated rings. The number of aromatic nitrogens is 1. The molecule has 0 amide bonds. The van der Waals surface area contributed by atoms with E-state index >= 15 is 0 Å². The Morgan fingerprint density at radius 3 is 1.23 bits per heavy atom. The summed E-state index contributed by atoms with van der Waals surface area (Å²) in [6.07, 6.45) is -5.81. The number of hydrogen-bond acceptors (Lipinski definition) is 2. The summed E-state index contributed by atoms with van der Waals surface area (Å²) in [5, 5.41) is 0. The van der Waals surface area contributed by atoms with Gasteiger partial charge in [0.2, 0.25) is 0 Å². The first-order chi connectivity index (χ1) is 14.0. The molecule has 9 heteroatoms. The largest absolute Gasteiger partial charge is 0.416 e. The first-order valence-corrected chi connectivity index (χ1v) is 8.62. The molecule has 3 aromatic rings. The van der Waals surface area contributed by atoms with E-state index in [-0.39, 0.29) is 0 Å². The molecule has 0 aliphatic rings. The minimum absolute atomic E-state index is 0.365. The fourth-order valence-electron chi connectivity index (χ4n) is 2.56. The second-order valence-electron chi connectivity index (χ2n) is 6.35. The van der Waals surface area contributed by atoms with Crippen molar-refractivity contribution in [2.24, 2.45) is 17.0 Å². The monoisotopic (exact) mass is 423 g/mol. The van der Waals surface area contributed by atoms with Gasteiger partial charge in [-0.1, -0.05) is 0 Å². The Hall–Kier alpha value is -3.36. The molecule has 0 radical (unpaired) electrons. The van der Waals surface area contributed by atoms with Crippen molar-refractivity contribution in [2.75, 3.05) is 0 Å². The van der Waals surface area contributed by atoms with Crippen LogP contribution in [-0.2, 0) is 19.4 Å². The van der Waals surface area contributed by atoms with Crippen LogP contribution in [0, 0.1) is 0 Å². The molecule has 156 valence electrons. The highest BCUT2D eigenvalue weighted by molar-refractivity contribution is 5.86. The minimum atomic E-state index is -4.40. The number of benzene rings is 2. The van der Waals surface area contributed by atoms with Gasteiger partial charge < -0.3 is 4.57 Å². The Morgan fingerprint density at radius 2 is 0.933 bits per heavy atom. The van der Waals surface area contributed by atoms with E-state index in [1.807, 2.05) is 0 Å². The quantitative estimate of drug-likeness (QED) is 0.336. The maximum Gasteiger partial charge on any atom is 0.416 e. The lowest BCUT2D eigenvalue weighted by atomic mass is 10.2. The summed E-state index contributed by atoms with van der Waals surface area (Å²) < 4.78 is 77.3. The van der Waals surface area contributed by atoms with Crippen molar-refractivity contribution in [3.05, 3.63) is 83.2 Å². The Labute approximate surface area is 168 Å². The van der Waals surface area contributed by atoms with Crippen molar-refractivity contribution in [1.29, 1.82) is 0 Å². The van der Waals surface area contributed by atoms with Crippen LogP contribution in [0.1, 0.15) is 22.5 Å². The standard InChI is InChI=1S/C21H15F6N3/c1-30-18(12-28-16-6-2-14(3-7-16)20(22,23)24)10-11-19(30)13-29-17-8-4-15(5-9-17)21(25,26)27/h2-13H,1H3. The van der Waals surface area contributed by atoms with Crippen LogP contribution in [0.15, 0.2) is 70.6 Å². The van der Waals surface area contributed by atoms with E-state index < -0.39 is 23.5 Å². The van der Waals surface area contributed by atoms with Crippen molar-refractivity contribution >= 4 is 23.8 Å². The Bertz CT molecular complexity index is 971. The van der Waals surface area contributed by atoms with Crippen LogP contribution in [-0.4, -0.2) is 17.0 Å². The van der Waals surface area contributed by atoms with Crippen LogP contribution in [0.5, 0.6) is 0 Å². The number of halogens is 6. The first-order valence-electron chi connectivity index (χ1n) is 8.62. The van der Waals surface area contributed by atoms with Gasteiger partial charge in [0.05, 0.1) is 46.3 Å². The van der Waals surface area contributed by atoms with Gasteiger partial charge >= 0.3 is 12.4 Å². The van der Waals surface area contributed by atoms with E-state index in [0.29, 0.717) is 22.8 Å². The van der Waals surface area contributed by atoms with Crippen LogP contribution in [0.4, 0.5) is 37.7 Å². The van der Waals surface area contributed by atoms with E-state index in [0.717, 1.165) is 24.3 Å². The summed E-state index contributed by atoms with van der Waals surface area (Å²) in [6.45, 7) is 0. The van der Waals surface area contributed by atoms with Crippen LogP contribution in [0.2, 0.25) is 0 Å². The molecule has 0 unspecified atom stereocenters. The van der Waals surface area contributed by atoms with Crippen LogP contribution in [0.25, 0.3) is 0 Å². The van der Waals surface area contributed by atoms with Crippen LogP contribution >= 0.6 is 0 Å². The SMILES string of the molecule is Cn1c(C=Nc2ccc(C(F)(F)F)cc2)ccc1C=Nc1ccc(C(F)(F)F)cc1. The molecule has 0 saturated carbocycles. The third-order valence-corrected chi connectivity index (χ3v) is 4.28. The molecule has 3 rings (SSSR count). The molecule has 1 heterocycles. The van der Waals surface area contributed by atoms with E-state index in [4.69, 9.17) is 0 Å². The zero-order valence-electron chi connectivity index (χ0n) is 15.5. The molecule has 0 aliphatic carbocycles. The van der Waals surface area contributed by atoms with E-state index in [1.165, 1.54) is 36.7 Å². The highest BCUT2D eigenvalue weighted by Crippen LogP contribution is 2.31. The predicted molar refractivity (Wildman–Crippen MR) is 103 cm³/mol. The summed E-state index contributed by atoms with van der Waals surface area (Å²) in [5.41, 5.74) is 0.574. The molecule has 3 nitrogen and oxygen atoms in total. The molecule has 30 heavy (non-hydrogen) atoms. The Kier molecular flexibility index (Phi) is 5.82. The van der Waals surface area contributed by atoms with E-state index in [1.54, 1.807) is 23.7 Å². The topological polar surface area (TPSA) is 29.6 Å². The highest BCUT2D eigenvalue weighted by atomic mass is 19.4. The summed E-state index contributed by atoms with van der Waals surface area (Å²) in [7, 11) is 1.74. The van der Waals surface area contributed by atoms with Gasteiger partial charge in [-0.3, -0.25) is 9.98 Å². The lowest BCUT2D eigenvalue weighted by Gasteiger charge is -2.06. The molecule has 0 saturated heterocycles. The normalized spacial score (nSPS) is 12.9. The summed E-state index contributed by atoms with van der Waals surface area (Å²) >= 11 is 0. The minimum Gasteiger partial charge on any atom is -0.342 e. The number of nitrogens with zero attached hydrogens (tertiary/aromatic N) is 3. The lowest BCUT2D eigenvalue weighted by molar-refractivity contribution is -0.138. The molecule has 0 spiro atoms. The van der Waals surface area contributed by atoms with Gasteiger partial charge in [-0.25, -0.2) is 0 Å². The fourth-order valence-corrected chi connectivity index (χ4v) is 2.56. The summed E-state index contributed by atoms with van der Waals surface area (Å²) in [5.74, 6) is 0. The zero-order chi connectivity index (χ0) is 21.9. The molecule has 2 aromatic carbocycles. The number of alkyl halides is 6. The fraction of sp³-hybridized carbons (Fsp3) is 0.143. The number of hydrogen-bond donors (Lipinski definition) is 0.